The van der Waals surface area contributed by atoms with Crippen LogP contribution in [0.1, 0.15) is 22.9 Å². The van der Waals surface area contributed by atoms with Gasteiger partial charge < -0.3 is 0 Å². The van der Waals surface area contributed by atoms with Crippen molar-refractivity contribution in [2.45, 2.75) is 12.7 Å². The van der Waals surface area contributed by atoms with Crippen LogP contribution in [-0.2, 0) is 11.3 Å². The Hall–Kier alpha value is -2.28. The number of nitrogens with zero attached hydrogens (tertiary/aromatic N) is 3. The molecule has 0 aliphatic carbocycles. The molecular weight excluding hydrogens is 494 g/mol. The lowest BCUT2D eigenvalue weighted by Gasteiger charge is -2.27. The Morgan fingerprint density at radius 3 is 2.17 bits per heavy atom. The predicted molar refractivity (Wildman–Crippen MR) is 122 cm³/mol. The zero-order valence-corrected chi connectivity index (χ0v) is 18.8. The molecule has 4 nitrogen and oxygen atoms in total. The minimum Gasteiger partial charge on any atom is -0.271 e. The van der Waals surface area contributed by atoms with Gasteiger partial charge in [0.2, 0.25) is 0 Å². The lowest BCUT2D eigenvalue weighted by molar-refractivity contribution is -0.128. The highest BCUT2D eigenvalue weighted by atomic mass is 79.9. The Kier molecular flexibility index (Phi) is 6.23. The van der Waals surface area contributed by atoms with E-state index in [0.717, 1.165) is 20.1 Å². The number of halogens is 2. The molecule has 1 saturated heterocycles. The summed E-state index contributed by atoms with van der Waals surface area (Å²) in [6.07, 6.45) is 1.49. The molecule has 0 bridgehead atoms. The third-order valence-corrected chi connectivity index (χ3v) is 5.83. The molecule has 0 radical (unpaired) electrons. The van der Waals surface area contributed by atoms with Crippen LogP contribution in [0, 0.1) is 0 Å². The minimum absolute atomic E-state index is 0.0118. The van der Waals surface area contributed by atoms with Gasteiger partial charge in [0.15, 0.2) is 0 Å². The third kappa shape index (κ3) is 4.83. The highest BCUT2D eigenvalue weighted by Gasteiger charge is 2.38. The van der Waals surface area contributed by atoms with Crippen LogP contribution in [0.3, 0.4) is 0 Å². The maximum absolute atomic E-state index is 12.9. The molecule has 1 atom stereocenters. The lowest BCUT2D eigenvalue weighted by Crippen LogP contribution is -2.28. The van der Waals surface area contributed by atoms with Crippen molar-refractivity contribution in [2.75, 3.05) is 6.54 Å². The quantitative estimate of drug-likeness (QED) is 0.418. The molecule has 1 fully saturated rings. The van der Waals surface area contributed by atoms with Crippen LogP contribution in [0.5, 0.6) is 0 Å². The average molecular weight is 513 g/mol. The Bertz CT molecular complexity index is 1000. The Labute approximate surface area is 187 Å². The van der Waals surface area contributed by atoms with Crippen LogP contribution < -0.4 is 0 Å². The SMILES string of the molecule is O=C1CN(Cc2ccccc2)[C@@H](c2ccc(Br)cc2)N1/N=C\c1ccc(Br)cc1. The van der Waals surface area contributed by atoms with Gasteiger partial charge in [-0.05, 0) is 41.0 Å². The molecule has 1 aliphatic heterocycles. The monoisotopic (exact) mass is 511 g/mol. The fourth-order valence-electron chi connectivity index (χ4n) is 3.38. The summed E-state index contributed by atoms with van der Waals surface area (Å²) in [4.78, 5) is 15.0. The van der Waals surface area contributed by atoms with E-state index in [2.05, 4.69) is 54.0 Å². The Balaban J connectivity index is 1.65. The molecule has 1 amide bonds. The summed E-state index contributed by atoms with van der Waals surface area (Å²) in [7, 11) is 0. The first kappa shape index (κ1) is 20.0. The molecular formula is C23H19Br2N3O. The van der Waals surface area contributed by atoms with Crippen molar-refractivity contribution in [1.29, 1.82) is 0 Å². The number of amides is 1. The van der Waals surface area contributed by atoms with Gasteiger partial charge >= 0.3 is 0 Å². The first-order chi connectivity index (χ1) is 14.1. The topological polar surface area (TPSA) is 35.9 Å². The first-order valence-corrected chi connectivity index (χ1v) is 10.8. The van der Waals surface area contributed by atoms with E-state index < -0.39 is 0 Å². The van der Waals surface area contributed by atoms with Crippen LogP contribution in [0.2, 0.25) is 0 Å². The molecule has 0 saturated carbocycles. The molecule has 146 valence electrons. The molecule has 29 heavy (non-hydrogen) atoms. The summed E-state index contributed by atoms with van der Waals surface area (Å²) in [5, 5.41) is 6.16. The van der Waals surface area contributed by atoms with Gasteiger partial charge in [0.05, 0.1) is 12.8 Å². The number of hydrazone groups is 1. The van der Waals surface area contributed by atoms with Gasteiger partial charge in [-0.2, -0.15) is 5.10 Å². The van der Waals surface area contributed by atoms with Gasteiger partial charge in [0, 0.05) is 15.5 Å². The van der Waals surface area contributed by atoms with Gasteiger partial charge in [0.1, 0.15) is 6.17 Å². The lowest BCUT2D eigenvalue weighted by atomic mass is 10.1. The van der Waals surface area contributed by atoms with Crippen molar-refractivity contribution in [3.05, 3.63) is 104 Å². The van der Waals surface area contributed by atoms with Crippen molar-refractivity contribution < 1.29 is 4.79 Å². The van der Waals surface area contributed by atoms with E-state index in [9.17, 15) is 4.79 Å². The predicted octanol–water partition coefficient (Wildman–Crippen LogP) is 5.59. The molecule has 1 aliphatic rings. The standard InChI is InChI=1S/C23H19Br2N3O/c24-20-10-6-17(7-11-20)14-26-28-22(29)16-27(15-18-4-2-1-3-5-18)23(28)19-8-12-21(25)13-9-19/h1-14,23H,15-16H2/b26-14-/t23-/m1/s1. The number of benzene rings is 3. The maximum atomic E-state index is 12.9. The number of hydrogen-bond acceptors (Lipinski definition) is 3. The molecule has 3 aromatic carbocycles. The highest BCUT2D eigenvalue weighted by Crippen LogP contribution is 2.33. The highest BCUT2D eigenvalue weighted by molar-refractivity contribution is 9.10. The molecule has 4 rings (SSSR count). The summed E-state index contributed by atoms with van der Waals surface area (Å²) in [6, 6.07) is 26.1. The van der Waals surface area contributed by atoms with Crippen molar-refractivity contribution in [3.63, 3.8) is 0 Å². The summed E-state index contributed by atoms with van der Waals surface area (Å²) in [6.45, 7) is 1.00. The van der Waals surface area contributed by atoms with E-state index in [1.54, 1.807) is 11.2 Å². The number of carbonyl (C=O) groups is 1. The second kappa shape index (κ2) is 9.03. The molecule has 0 unspecified atom stereocenters. The molecule has 0 N–H and O–H groups in total. The van der Waals surface area contributed by atoms with Crippen molar-refractivity contribution in [2.24, 2.45) is 5.10 Å². The zero-order chi connectivity index (χ0) is 20.2. The molecule has 3 aromatic rings. The van der Waals surface area contributed by atoms with Gasteiger partial charge in [-0.3, -0.25) is 9.69 Å². The molecule has 1 heterocycles. The van der Waals surface area contributed by atoms with Crippen LogP contribution in [-0.4, -0.2) is 28.6 Å². The zero-order valence-electron chi connectivity index (χ0n) is 15.6. The van der Waals surface area contributed by atoms with E-state index >= 15 is 0 Å². The molecule has 0 aromatic heterocycles. The smallest absolute Gasteiger partial charge is 0.258 e. The maximum Gasteiger partial charge on any atom is 0.258 e. The van der Waals surface area contributed by atoms with Gasteiger partial charge in [-0.15, -0.1) is 0 Å². The van der Waals surface area contributed by atoms with E-state index in [0.29, 0.717) is 13.1 Å². The molecule has 6 heteroatoms. The van der Waals surface area contributed by atoms with Gasteiger partial charge in [0.25, 0.3) is 5.91 Å². The first-order valence-electron chi connectivity index (χ1n) is 9.25. The van der Waals surface area contributed by atoms with E-state index in [1.165, 1.54) is 5.56 Å². The Morgan fingerprint density at radius 2 is 1.52 bits per heavy atom. The Morgan fingerprint density at radius 1 is 0.897 bits per heavy atom. The van der Waals surface area contributed by atoms with Crippen molar-refractivity contribution in [1.82, 2.24) is 9.91 Å². The fraction of sp³-hybridized carbons (Fsp3) is 0.130. The third-order valence-electron chi connectivity index (χ3n) is 4.77. The molecule has 0 spiro atoms. The van der Waals surface area contributed by atoms with E-state index in [4.69, 9.17) is 0 Å². The van der Waals surface area contributed by atoms with Crippen LogP contribution >= 0.6 is 31.9 Å². The second-order valence-corrected chi connectivity index (χ2v) is 8.68. The van der Waals surface area contributed by atoms with E-state index in [1.807, 2.05) is 66.7 Å². The average Bonchev–Trinajstić information content (AvgIpc) is 3.04. The number of carbonyl (C=O) groups excluding carboxylic acids is 1. The summed E-state index contributed by atoms with van der Waals surface area (Å²) in [5.74, 6) is -0.0118. The van der Waals surface area contributed by atoms with Crippen LogP contribution in [0.15, 0.2) is 92.9 Å². The van der Waals surface area contributed by atoms with Crippen molar-refractivity contribution >= 4 is 44.0 Å². The minimum atomic E-state index is -0.248. The van der Waals surface area contributed by atoms with Crippen LogP contribution in [0.4, 0.5) is 0 Å². The fourth-order valence-corrected chi connectivity index (χ4v) is 3.90. The van der Waals surface area contributed by atoms with Gasteiger partial charge in [-0.25, -0.2) is 5.01 Å². The largest absolute Gasteiger partial charge is 0.271 e. The summed E-state index contributed by atoms with van der Waals surface area (Å²) < 4.78 is 2.01. The van der Waals surface area contributed by atoms with Crippen molar-refractivity contribution in [3.8, 4) is 0 Å². The summed E-state index contributed by atoms with van der Waals surface area (Å²) in [5.41, 5.74) is 3.14. The summed E-state index contributed by atoms with van der Waals surface area (Å²) >= 11 is 6.93. The van der Waals surface area contributed by atoms with E-state index in [-0.39, 0.29) is 12.1 Å². The normalized spacial score (nSPS) is 17.4. The van der Waals surface area contributed by atoms with Gasteiger partial charge in [-0.1, -0.05) is 86.5 Å². The second-order valence-electron chi connectivity index (χ2n) is 6.85. The number of hydrogen-bond donors (Lipinski definition) is 0. The number of rotatable bonds is 5. The van der Waals surface area contributed by atoms with Crippen LogP contribution in [0.25, 0.3) is 0 Å².